The van der Waals surface area contributed by atoms with Crippen LogP contribution in [0.25, 0.3) is 0 Å². The SMILES string of the molecule is OC(Cc1ccoc1)C1(c2ccccc2)CCC1. The average Bonchev–Trinajstić information content (AvgIpc) is 2.82. The zero-order chi connectivity index (χ0) is 12.4. The zero-order valence-corrected chi connectivity index (χ0v) is 10.4. The van der Waals surface area contributed by atoms with Crippen LogP contribution in [0.5, 0.6) is 0 Å². The molecule has 0 spiro atoms. The molecule has 0 saturated heterocycles. The molecular weight excluding hydrogens is 224 g/mol. The Morgan fingerprint density at radius 2 is 1.94 bits per heavy atom. The van der Waals surface area contributed by atoms with Crippen LogP contribution in [-0.4, -0.2) is 11.2 Å². The molecule has 1 unspecified atom stereocenters. The van der Waals surface area contributed by atoms with Gasteiger partial charge in [0, 0.05) is 11.8 Å². The maximum Gasteiger partial charge on any atom is 0.0935 e. The molecule has 0 bridgehead atoms. The van der Waals surface area contributed by atoms with Gasteiger partial charge in [0.1, 0.15) is 0 Å². The van der Waals surface area contributed by atoms with Crippen molar-refractivity contribution in [2.75, 3.05) is 0 Å². The van der Waals surface area contributed by atoms with Crippen molar-refractivity contribution in [3.05, 3.63) is 60.1 Å². The van der Waals surface area contributed by atoms with Crippen LogP contribution < -0.4 is 0 Å². The molecule has 3 rings (SSSR count). The molecule has 94 valence electrons. The standard InChI is InChI=1S/C16H18O2/c17-15(11-13-7-10-18-12-13)16(8-4-9-16)14-5-2-1-3-6-14/h1-3,5-7,10,12,15,17H,4,8-9,11H2. The molecule has 1 aromatic carbocycles. The first-order valence-electron chi connectivity index (χ1n) is 6.56. The minimum Gasteiger partial charge on any atom is -0.472 e. The Hall–Kier alpha value is -1.54. The number of hydrogen-bond donors (Lipinski definition) is 1. The second-order valence-electron chi connectivity index (χ2n) is 5.23. The lowest BCUT2D eigenvalue weighted by Crippen LogP contribution is -2.46. The molecule has 1 aliphatic carbocycles. The molecule has 0 amide bonds. The minimum atomic E-state index is -0.328. The van der Waals surface area contributed by atoms with Crippen LogP contribution in [0.4, 0.5) is 0 Å². The molecule has 1 atom stereocenters. The molecule has 1 heterocycles. The quantitative estimate of drug-likeness (QED) is 0.892. The maximum atomic E-state index is 10.6. The number of furan rings is 1. The minimum absolute atomic E-state index is 0.0431. The molecule has 1 saturated carbocycles. The first kappa shape index (κ1) is 11.5. The van der Waals surface area contributed by atoms with E-state index in [0.717, 1.165) is 18.4 Å². The summed E-state index contributed by atoms with van der Waals surface area (Å²) < 4.78 is 5.07. The fraction of sp³-hybridized carbons (Fsp3) is 0.375. The van der Waals surface area contributed by atoms with Gasteiger partial charge in [0.05, 0.1) is 18.6 Å². The molecule has 1 fully saturated rings. The zero-order valence-electron chi connectivity index (χ0n) is 10.4. The van der Waals surface area contributed by atoms with Gasteiger partial charge >= 0.3 is 0 Å². The number of rotatable bonds is 4. The van der Waals surface area contributed by atoms with E-state index in [9.17, 15) is 5.11 Å². The molecule has 0 radical (unpaired) electrons. The lowest BCUT2D eigenvalue weighted by molar-refractivity contribution is 0.0285. The van der Waals surface area contributed by atoms with Crippen LogP contribution >= 0.6 is 0 Å². The summed E-state index contributed by atoms with van der Waals surface area (Å²) >= 11 is 0. The summed E-state index contributed by atoms with van der Waals surface area (Å²) in [6.45, 7) is 0. The summed E-state index contributed by atoms with van der Waals surface area (Å²) in [7, 11) is 0. The Labute approximate surface area is 107 Å². The van der Waals surface area contributed by atoms with Gasteiger partial charge in [0.2, 0.25) is 0 Å². The lowest BCUT2D eigenvalue weighted by Gasteiger charge is -2.46. The van der Waals surface area contributed by atoms with E-state index in [2.05, 4.69) is 24.3 Å². The summed E-state index contributed by atoms with van der Waals surface area (Å²) in [5.41, 5.74) is 2.30. The highest BCUT2D eigenvalue weighted by Gasteiger charge is 2.44. The molecule has 0 aliphatic heterocycles. The van der Waals surface area contributed by atoms with Gasteiger partial charge in [-0.1, -0.05) is 36.8 Å². The summed E-state index contributed by atoms with van der Waals surface area (Å²) in [6.07, 6.45) is 7.10. The van der Waals surface area contributed by atoms with Crippen LogP contribution in [0.2, 0.25) is 0 Å². The predicted molar refractivity (Wildman–Crippen MR) is 70.4 cm³/mol. The van der Waals surface area contributed by atoms with E-state index < -0.39 is 0 Å². The molecule has 1 aliphatic rings. The van der Waals surface area contributed by atoms with Crippen LogP contribution in [-0.2, 0) is 11.8 Å². The van der Waals surface area contributed by atoms with Gasteiger partial charge in [0.15, 0.2) is 0 Å². The van der Waals surface area contributed by atoms with E-state index in [-0.39, 0.29) is 11.5 Å². The molecule has 1 N–H and O–H groups in total. The summed E-state index contributed by atoms with van der Waals surface area (Å²) in [5.74, 6) is 0. The summed E-state index contributed by atoms with van der Waals surface area (Å²) in [4.78, 5) is 0. The Morgan fingerprint density at radius 3 is 2.50 bits per heavy atom. The monoisotopic (exact) mass is 242 g/mol. The first-order valence-corrected chi connectivity index (χ1v) is 6.56. The van der Waals surface area contributed by atoms with Crippen LogP contribution in [0.1, 0.15) is 30.4 Å². The third-order valence-electron chi connectivity index (χ3n) is 4.24. The fourth-order valence-electron chi connectivity index (χ4n) is 2.97. The lowest BCUT2D eigenvalue weighted by atomic mass is 9.60. The summed E-state index contributed by atoms with van der Waals surface area (Å²) in [6, 6.07) is 12.3. The molecule has 2 heteroatoms. The first-order chi connectivity index (χ1) is 8.81. The van der Waals surface area contributed by atoms with Crippen molar-refractivity contribution in [3.63, 3.8) is 0 Å². The predicted octanol–water partition coefficient (Wildman–Crippen LogP) is 3.30. The van der Waals surface area contributed by atoms with Gasteiger partial charge in [-0.05, 0) is 30.0 Å². The molecule has 18 heavy (non-hydrogen) atoms. The second-order valence-corrected chi connectivity index (χ2v) is 5.23. The van der Waals surface area contributed by atoms with Crippen molar-refractivity contribution >= 4 is 0 Å². The van der Waals surface area contributed by atoms with Crippen LogP contribution in [0.15, 0.2) is 53.3 Å². The van der Waals surface area contributed by atoms with Crippen molar-refractivity contribution in [2.24, 2.45) is 0 Å². The molecule has 1 aromatic heterocycles. The van der Waals surface area contributed by atoms with Gasteiger partial charge in [-0.15, -0.1) is 0 Å². The highest BCUT2D eigenvalue weighted by atomic mass is 16.3. The number of aliphatic hydroxyl groups excluding tert-OH is 1. The average molecular weight is 242 g/mol. The van der Waals surface area contributed by atoms with Crippen molar-refractivity contribution in [1.29, 1.82) is 0 Å². The van der Waals surface area contributed by atoms with Crippen LogP contribution in [0.3, 0.4) is 0 Å². The largest absolute Gasteiger partial charge is 0.472 e. The van der Waals surface area contributed by atoms with E-state index in [1.807, 2.05) is 12.1 Å². The van der Waals surface area contributed by atoms with E-state index in [4.69, 9.17) is 4.42 Å². The number of benzene rings is 1. The van der Waals surface area contributed by atoms with Gasteiger partial charge in [0.25, 0.3) is 0 Å². The maximum absolute atomic E-state index is 10.6. The van der Waals surface area contributed by atoms with Crippen molar-refractivity contribution in [2.45, 2.75) is 37.2 Å². The Kier molecular flexibility index (Phi) is 2.96. The van der Waals surface area contributed by atoms with Crippen molar-refractivity contribution < 1.29 is 9.52 Å². The van der Waals surface area contributed by atoms with E-state index in [0.29, 0.717) is 6.42 Å². The van der Waals surface area contributed by atoms with E-state index in [1.165, 1.54) is 12.0 Å². The Bertz CT molecular complexity index is 483. The highest BCUT2D eigenvalue weighted by molar-refractivity contribution is 5.30. The molecule has 2 nitrogen and oxygen atoms in total. The molecular formula is C16H18O2. The molecule has 2 aromatic rings. The van der Waals surface area contributed by atoms with E-state index >= 15 is 0 Å². The normalized spacial score (nSPS) is 19.2. The van der Waals surface area contributed by atoms with Crippen molar-refractivity contribution in [3.8, 4) is 0 Å². The van der Waals surface area contributed by atoms with Gasteiger partial charge in [-0.25, -0.2) is 0 Å². The second kappa shape index (κ2) is 4.62. The van der Waals surface area contributed by atoms with E-state index in [1.54, 1.807) is 12.5 Å². The highest BCUT2D eigenvalue weighted by Crippen LogP contribution is 2.47. The number of aliphatic hydroxyl groups is 1. The third kappa shape index (κ3) is 1.87. The van der Waals surface area contributed by atoms with Gasteiger partial charge in [-0.3, -0.25) is 0 Å². The topological polar surface area (TPSA) is 33.4 Å². The smallest absolute Gasteiger partial charge is 0.0935 e. The van der Waals surface area contributed by atoms with Gasteiger partial charge < -0.3 is 9.52 Å². The van der Waals surface area contributed by atoms with Crippen molar-refractivity contribution in [1.82, 2.24) is 0 Å². The fourth-order valence-corrected chi connectivity index (χ4v) is 2.97. The Morgan fingerprint density at radius 1 is 1.17 bits per heavy atom. The van der Waals surface area contributed by atoms with Crippen LogP contribution in [0, 0.1) is 0 Å². The third-order valence-corrected chi connectivity index (χ3v) is 4.24. The van der Waals surface area contributed by atoms with Gasteiger partial charge in [-0.2, -0.15) is 0 Å². The summed E-state index contributed by atoms with van der Waals surface area (Å²) in [5, 5.41) is 10.6. The Balaban J connectivity index is 1.83. The number of hydrogen-bond acceptors (Lipinski definition) is 2.